The Bertz CT molecular complexity index is 213. The van der Waals surface area contributed by atoms with Crippen molar-refractivity contribution in [2.75, 3.05) is 14.1 Å². The first-order chi connectivity index (χ1) is 5.79. The van der Waals surface area contributed by atoms with Crippen LogP contribution in [-0.4, -0.2) is 18.4 Å². The van der Waals surface area contributed by atoms with E-state index in [1.807, 2.05) is 36.6 Å². The summed E-state index contributed by atoms with van der Waals surface area (Å²) < 4.78 is 7.24. The molecule has 0 saturated carbocycles. The van der Waals surface area contributed by atoms with Crippen LogP contribution >= 0.6 is 12.2 Å². The first-order valence-corrected chi connectivity index (χ1v) is 4.50. The van der Waals surface area contributed by atoms with Gasteiger partial charge in [-0.1, -0.05) is 30.3 Å². The summed E-state index contributed by atoms with van der Waals surface area (Å²) >= 11 is 1.36. The molecule has 12 heavy (non-hydrogen) atoms. The van der Waals surface area contributed by atoms with Gasteiger partial charge in [-0.2, -0.15) is 0 Å². The number of rotatable bonds is 4. The van der Waals surface area contributed by atoms with Crippen LogP contribution in [-0.2, 0) is 10.8 Å². The van der Waals surface area contributed by atoms with Gasteiger partial charge in [-0.05, 0) is 19.7 Å². The van der Waals surface area contributed by atoms with Crippen molar-refractivity contribution in [1.82, 2.24) is 4.31 Å². The van der Waals surface area contributed by atoms with Gasteiger partial charge in [-0.3, -0.25) is 4.18 Å². The second kappa shape index (κ2) is 5.19. The largest absolute Gasteiger partial charge is 0.296 e. The molecule has 0 amide bonds. The molecular formula is C9H13NOS. The molecule has 0 spiro atoms. The second-order valence-electron chi connectivity index (χ2n) is 2.63. The summed E-state index contributed by atoms with van der Waals surface area (Å²) in [5, 5.41) is 0. The summed E-state index contributed by atoms with van der Waals surface area (Å²) in [5.74, 6) is 0. The van der Waals surface area contributed by atoms with Crippen LogP contribution in [0, 0.1) is 0 Å². The predicted octanol–water partition coefficient (Wildman–Crippen LogP) is 2.33. The van der Waals surface area contributed by atoms with E-state index in [-0.39, 0.29) is 0 Å². The second-order valence-corrected chi connectivity index (χ2v) is 3.75. The molecule has 1 rings (SSSR count). The van der Waals surface area contributed by atoms with E-state index in [0.29, 0.717) is 6.61 Å². The summed E-state index contributed by atoms with van der Waals surface area (Å²) in [7, 11) is 3.91. The number of benzene rings is 1. The van der Waals surface area contributed by atoms with Crippen molar-refractivity contribution in [3.8, 4) is 0 Å². The van der Waals surface area contributed by atoms with Crippen LogP contribution < -0.4 is 0 Å². The van der Waals surface area contributed by atoms with Crippen LogP contribution in [0.5, 0.6) is 0 Å². The van der Waals surface area contributed by atoms with Crippen LogP contribution in [0.1, 0.15) is 5.56 Å². The molecule has 1 aromatic rings. The average Bonchev–Trinajstić information content (AvgIpc) is 2.05. The molecule has 0 bridgehead atoms. The summed E-state index contributed by atoms with van der Waals surface area (Å²) in [5.41, 5.74) is 1.20. The lowest BCUT2D eigenvalue weighted by molar-refractivity contribution is 0.346. The molecule has 3 heteroatoms. The molecule has 0 aromatic heterocycles. The monoisotopic (exact) mass is 183 g/mol. The zero-order valence-corrected chi connectivity index (χ0v) is 8.17. The third kappa shape index (κ3) is 3.76. The molecule has 0 N–H and O–H groups in total. The van der Waals surface area contributed by atoms with E-state index < -0.39 is 0 Å². The molecule has 0 radical (unpaired) electrons. The van der Waals surface area contributed by atoms with Crippen molar-refractivity contribution >= 4 is 12.2 Å². The minimum atomic E-state index is 0.656. The highest BCUT2D eigenvalue weighted by molar-refractivity contribution is 7.92. The van der Waals surface area contributed by atoms with Gasteiger partial charge in [0.1, 0.15) is 0 Å². The minimum Gasteiger partial charge on any atom is -0.296 e. The fourth-order valence-electron chi connectivity index (χ4n) is 0.774. The Hall–Kier alpha value is -0.510. The lowest BCUT2D eigenvalue weighted by Crippen LogP contribution is -2.00. The molecule has 0 aliphatic carbocycles. The van der Waals surface area contributed by atoms with E-state index >= 15 is 0 Å². The van der Waals surface area contributed by atoms with Crippen LogP contribution in [0.4, 0.5) is 0 Å². The van der Waals surface area contributed by atoms with E-state index in [2.05, 4.69) is 12.1 Å². The van der Waals surface area contributed by atoms with Gasteiger partial charge in [-0.25, -0.2) is 4.31 Å². The Morgan fingerprint density at radius 2 is 1.92 bits per heavy atom. The zero-order chi connectivity index (χ0) is 8.81. The molecule has 0 aliphatic heterocycles. The Morgan fingerprint density at radius 1 is 1.25 bits per heavy atom. The predicted molar refractivity (Wildman–Crippen MR) is 52.5 cm³/mol. The molecule has 1 aromatic carbocycles. The summed E-state index contributed by atoms with van der Waals surface area (Å²) in [6.45, 7) is 0.656. The molecule has 0 fully saturated rings. The van der Waals surface area contributed by atoms with Gasteiger partial charge >= 0.3 is 0 Å². The molecule has 0 aliphatic rings. The van der Waals surface area contributed by atoms with Crippen molar-refractivity contribution < 1.29 is 4.18 Å². The highest BCUT2D eigenvalue weighted by Crippen LogP contribution is 2.09. The van der Waals surface area contributed by atoms with Crippen molar-refractivity contribution in [2.24, 2.45) is 0 Å². The molecule has 0 saturated heterocycles. The molecule has 0 atom stereocenters. The number of hydrogen-bond acceptors (Lipinski definition) is 3. The maximum atomic E-state index is 5.32. The van der Waals surface area contributed by atoms with Crippen molar-refractivity contribution in [2.45, 2.75) is 6.61 Å². The minimum absolute atomic E-state index is 0.656. The molecular weight excluding hydrogens is 170 g/mol. The lowest BCUT2D eigenvalue weighted by atomic mass is 10.2. The summed E-state index contributed by atoms with van der Waals surface area (Å²) in [4.78, 5) is 0. The number of hydrogen-bond donors (Lipinski definition) is 0. The van der Waals surface area contributed by atoms with Crippen molar-refractivity contribution in [3.05, 3.63) is 35.9 Å². The first-order valence-electron chi connectivity index (χ1n) is 3.80. The van der Waals surface area contributed by atoms with Gasteiger partial charge in [0, 0.05) is 0 Å². The van der Waals surface area contributed by atoms with Crippen molar-refractivity contribution in [1.29, 1.82) is 0 Å². The molecule has 0 unspecified atom stereocenters. The van der Waals surface area contributed by atoms with Gasteiger partial charge in [0.25, 0.3) is 0 Å². The SMILES string of the molecule is CN(C)SOCc1ccccc1. The third-order valence-electron chi connectivity index (χ3n) is 1.27. The maximum absolute atomic E-state index is 5.32. The summed E-state index contributed by atoms with van der Waals surface area (Å²) in [6, 6.07) is 10.1. The number of nitrogens with zero attached hydrogens (tertiary/aromatic N) is 1. The van der Waals surface area contributed by atoms with Crippen LogP contribution in [0.15, 0.2) is 30.3 Å². The Morgan fingerprint density at radius 3 is 2.50 bits per heavy atom. The van der Waals surface area contributed by atoms with Crippen LogP contribution in [0.25, 0.3) is 0 Å². The Labute approximate surface area is 77.9 Å². The van der Waals surface area contributed by atoms with Gasteiger partial charge < -0.3 is 0 Å². The van der Waals surface area contributed by atoms with Gasteiger partial charge in [-0.15, -0.1) is 0 Å². The topological polar surface area (TPSA) is 12.5 Å². The van der Waals surface area contributed by atoms with Gasteiger partial charge in [0.05, 0.1) is 18.8 Å². The van der Waals surface area contributed by atoms with E-state index in [0.717, 1.165) is 0 Å². The highest BCUT2D eigenvalue weighted by atomic mass is 32.2. The van der Waals surface area contributed by atoms with Crippen LogP contribution in [0.3, 0.4) is 0 Å². The lowest BCUT2D eigenvalue weighted by Gasteiger charge is -2.07. The normalized spacial score (nSPS) is 10.6. The van der Waals surface area contributed by atoms with E-state index in [1.165, 1.54) is 17.8 Å². The van der Waals surface area contributed by atoms with Crippen molar-refractivity contribution in [3.63, 3.8) is 0 Å². The molecule has 2 nitrogen and oxygen atoms in total. The van der Waals surface area contributed by atoms with E-state index in [1.54, 1.807) is 0 Å². The summed E-state index contributed by atoms with van der Waals surface area (Å²) in [6.07, 6.45) is 0. The Kier molecular flexibility index (Phi) is 4.14. The van der Waals surface area contributed by atoms with Gasteiger partial charge in [0.15, 0.2) is 0 Å². The average molecular weight is 183 g/mol. The van der Waals surface area contributed by atoms with E-state index in [9.17, 15) is 0 Å². The van der Waals surface area contributed by atoms with Gasteiger partial charge in [0.2, 0.25) is 0 Å². The fourth-order valence-corrected chi connectivity index (χ4v) is 1.17. The first kappa shape index (κ1) is 9.58. The zero-order valence-electron chi connectivity index (χ0n) is 7.36. The molecule has 0 heterocycles. The molecule has 66 valence electrons. The highest BCUT2D eigenvalue weighted by Gasteiger charge is 1.93. The Balaban J connectivity index is 2.25. The quantitative estimate of drug-likeness (QED) is 0.525. The maximum Gasteiger partial charge on any atom is 0.0879 e. The van der Waals surface area contributed by atoms with E-state index in [4.69, 9.17) is 4.18 Å². The van der Waals surface area contributed by atoms with Crippen LogP contribution in [0.2, 0.25) is 0 Å². The fraction of sp³-hybridized carbons (Fsp3) is 0.333. The standard InChI is InChI=1S/C9H13NOS/c1-10(2)12-11-8-9-6-4-3-5-7-9/h3-7H,8H2,1-2H3. The smallest absolute Gasteiger partial charge is 0.0879 e. The third-order valence-corrected chi connectivity index (χ3v) is 1.79.